The molecule has 2 heterocycles. The lowest BCUT2D eigenvalue weighted by Gasteiger charge is -1.98. The van der Waals surface area contributed by atoms with Gasteiger partial charge in [0, 0.05) is 6.07 Å². The van der Waals surface area contributed by atoms with Gasteiger partial charge in [-0.15, -0.1) is 0 Å². The van der Waals surface area contributed by atoms with Gasteiger partial charge in [-0.1, -0.05) is 13.3 Å². The molecule has 80 valence electrons. The number of unbranched alkanes of at least 4 members (excludes halogenated alkanes) is 1. The van der Waals surface area contributed by atoms with Crippen LogP contribution >= 0.6 is 0 Å². The lowest BCUT2D eigenvalue weighted by Crippen LogP contribution is -2.05. The van der Waals surface area contributed by atoms with E-state index in [9.17, 15) is 9.59 Å². The minimum atomic E-state index is -0.427. The largest absolute Gasteiger partial charge is 0.404 e. The fraction of sp³-hybridized carbons (Fsp3) is 0.400. The summed E-state index contributed by atoms with van der Waals surface area (Å²) >= 11 is 0. The van der Waals surface area contributed by atoms with Crippen molar-refractivity contribution >= 4 is 11.1 Å². The molecule has 2 aromatic heterocycles. The molecule has 0 amide bonds. The summed E-state index contributed by atoms with van der Waals surface area (Å²) in [7, 11) is 0. The first-order valence-electron chi connectivity index (χ1n) is 4.95. The van der Waals surface area contributed by atoms with Crippen LogP contribution in [0.5, 0.6) is 0 Å². The van der Waals surface area contributed by atoms with Gasteiger partial charge in [0.2, 0.25) is 5.71 Å². The monoisotopic (exact) mass is 208 g/mol. The van der Waals surface area contributed by atoms with Crippen LogP contribution in [-0.4, -0.2) is 10.2 Å². The van der Waals surface area contributed by atoms with Gasteiger partial charge in [0.05, 0.1) is 0 Å². The predicted octanol–water partition coefficient (Wildman–Crippen LogP) is 1.15. The van der Waals surface area contributed by atoms with Gasteiger partial charge in [-0.05, 0) is 18.4 Å². The van der Waals surface area contributed by atoms with E-state index in [1.807, 2.05) is 0 Å². The zero-order chi connectivity index (χ0) is 10.8. The summed E-state index contributed by atoms with van der Waals surface area (Å²) in [6.45, 7) is 2.06. The second-order valence-electron chi connectivity index (χ2n) is 3.48. The Labute approximate surface area is 85.1 Å². The summed E-state index contributed by atoms with van der Waals surface area (Å²) in [5, 5.41) is 5.41. The molecule has 0 aliphatic carbocycles. The molecule has 0 aliphatic rings. The molecule has 2 aromatic rings. The van der Waals surface area contributed by atoms with Crippen LogP contribution < -0.4 is 11.2 Å². The zero-order valence-corrected chi connectivity index (χ0v) is 8.42. The van der Waals surface area contributed by atoms with Crippen molar-refractivity contribution in [3.8, 4) is 0 Å². The molecule has 5 nitrogen and oxygen atoms in total. The molecule has 0 aliphatic heterocycles. The number of aromatic nitrogens is 2. The smallest absolute Gasteiger partial charge is 0.337 e. The van der Waals surface area contributed by atoms with Crippen molar-refractivity contribution in [1.82, 2.24) is 10.2 Å². The predicted molar refractivity (Wildman–Crippen MR) is 56.1 cm³/mol. The third-order valence-electron chi connectivity index (χ3n) is 2.36. The van der Waals surface area contributed by atoms with Crippen LogP contribution in [0.1, 0.15) is 25.3 Å². The van der Waals surface area contributed by atoms with Crippen molar-refractivity contribution in [1.29, 1.82) is 0 Å². The molecule has 0 bridgehead atoms. The van der Waals surface area contributed by atoms with Crippen molar-refractivity contribution in [2.75, 3.05) is 0 Å². The van der Waals surface area contributed by atoms with E-state index in [0.29, 0.717) is 5.39 Å². The van der Waals surface area contributed by atoms with Crippen molar-refractivity contribution in [2.45, 2.75) is 26.2 Å². The first-order chi connectivity index (χ1) is 7.22. The average Bonchev–Trinajstić information content (AvgIpc) is 2.56. The highest BCUT2D eigenvalue weighted by atomic mass is 16.4. The molecule has 0 aromatic carbocycles. The Balaban J connectivity index is 2.64. The van der Waals surface area contributed by atoms with Crippen molar-refractivity contribution in [3.63, 3.8) is 0 Å². The highest BCUT2D eigenvalue weighted by molar-refractivity contribution is 5.75. The fourth-order valence-corrected chi connectivity index (χ4v) is 1.62. The van der Waals surface area contributed by atoms with Crippen LogP contribution in [0, 0.1) is 0 Å². The molecule has 5 heteroatoms. The lowest BCUT2D eigenvalue weighted by atomic mass is 10.1. The Hall–Kier alpha value is -1.78. The molecule has 0 spiro atoms. The maximum Gasteiger partial charge on any atom is 0.337 e. The van der Waals surface area contributed by atoms with Crippen LogP contribution in [0.15, 0.2) is 20.1 Å². The normalized spacial score (nSPS) is 11.0. The van der Waals surface area contributed by atoms with Gasteiger partial charge in [-0.3, -0.25) is 15.0 Å². The molecule has 2 N–H and O–H groups in total. The minimum Gasteiger partial charge on any atom is -0.404 e. The second-order valence-corrected chi connectivity index (χ2v) is 3.48. The third kappa shape index (κ3) is 1.72. The van der Waals surface area contributed by atoms with Crippen LogP contribution in [0.4, 0.5) is 0 Å². The van der Waals surface area contributed by atoms with E-state index in [2.05, 4.69) is 17.1 Å². The van der Waals surface area contributed by atoms with Crippen molar-refractivity contribution in [2.24, 2.45) is 0 Å². The van der Waals surface area contributed by atoms with Gasteiger partial charge in [0.15, 0.2) is 0 Å². The Bertz CT molecular complexity index is 576. The van der Waals surface area contributed by atoms with E-state index >= 15 is 0 Å². The summed E-state index contributed by atoms with van der Waals surface area (Å²) in [5.74, 6) is 0. The number of fused-ring (bicyclic) bond motifs is 1. The first kappa shape index (κ1) is 9.76. The number of H-pyrrole nitrogens is 2. The summed E-state index contributed by atoms with van der Waals surface area (Å²) in [6.07, 6.45) is 2.69. The molecule has 0 fully saturated rings. The quantitative estimate of drug-likeness (QED) is 0.794. The Kier molecular flexibility index (Phi) is 2.45. The molecular weight excluding hydrogens is 196 g/mol. The van der Waals surface area contributed by atoms with E-state index in [-0.39, 0.29) is 11.3 Å². The highest BCUT2D eigenvalue weighted by Crippen LogP contribution is 2.12. The summed E-state index contributed by atoms with van der Waals surface area (Å²) in [5.41, 5.74) is 0.327. The molecule has 0 unspecified atom stereocenters. The average molecular weight is 208 g/mol. The molecule has 0 atom stereocenters. The van der Waals surface area contributed by atoms with Gasteiger partial charge in [-0.2, -0.15) is 0 Å². The number of rotatable bonds is 3. The van der Waals surface area contributed by atoms with E-state index in [1.165, 1.54) is 6.07 Å². The maximum atomic E-state index is 11.4. The lowest BCUT2D eigenvalue weighted by molar-refractivity contribution is 0.545. The zero-order valence-electron chi connectivity index (χ0n) is 8.42. The number of hydrogen-bond acceptors (Lipinski definition) is 3. The van der Waals surface area contributed by atoms with E-state index < -0.39 is 5.63 Å². The summed E-state index contributed by atoms with van der Waals surface area (Å²) in [6, 6.07) is 1.39. The van der Waals surface area contributed by atoms with E-state index in [1.54, 1.807) is 0 Å². The number of nitrogens with one attached hydrogen (secondary N) is 2. The summed E-state index contributed by atoms with van der Waals surface area (Å²) in [4.78, 5) is 22.6. The molecular formula is C10H12N2O3. The SMILES string of the molecule is CCCCc1cc(=O)oc2[nH][nH]c(=O)c12. The van der Waals surface area contributed by atoms with E-state index in [0.717, 1.165) is 24.8 Å². The molecule has 15 heavy (non-hydrogen) atoms. The van der Waals surface area contributed by atoms with E-state index in [4.69, 9.17) is 4.42 Å². The molecule has 0 saturated carbocycles. The van der Waals surface area contributed by atoms with Gasteiger partial charge in [0.1, 0.15) is 5.39 Å². The van der Waals surface area contributed by atoms with Crippen LogP contribution in [-0.2, 0) is 6.42 Å². The number of hydrogen-bond donors (Lipinski definition) is 2. The fourth-order valence-electron chi connectivity index (χ4n) is 1.62. The van der Waals surface area contributed by atoms with Crippen molar-refractivity contribution < 1.29 is 4.42 Å². The second kappa shape index (κ2) is 3.76. The standard InChI is InChI=1S/C10H12N2O3/c1-2-3-4-6-5-7(13)15-10-8(6)9(14)11-12-10/h5H,2-4H2,1H3,(H2,11,12,14). The van der Waals surface area contributed by atoms with Crippen LogP contribution in [0.25, 0.3) is 11.1 Å². The topological polar surface area (TPSA) is 78.9 Å². The molecule has 0 radical (unpaired) electrons. The molecule has 0 saturated heterocycles. The van der Waals surface area contributed by atoms with Gasteiger partial charge < -0.3 is 4.42 Å². The Morgan fingerprint density at radius 2 is 2.13 bits per heavy atom. The van der Waals surface area contributed by atoms with Gasteiger partial charge >= 0.3 is 5.63 Å². The Morgan fingerprint density at radius 3 is 2.87 bits per heavy atom. The number of aromatic amines is 2. The van der Waals surface area contributed by atoms with Gasteiger partial charge in [0.25, 0.3) is 5.56 Å². The Morgan fingerprint density at radius 1 is 1.33 bits per heavy atom. The number of aryl methyl sites for hydroxylation is 1. The van der Waals surface area contributed by atoms with Crippen LogP contribution in [0.2, 0.25) is 0 Å². The third-order valence-corrected chi connectivity index (χ3v) is 2.36. The van der Waals surface area contributed by atoms with Crippen LogP contribution in [0.3, 0.4) is 0 Å². The first-order valence-corrected chi connectivity index (χ1v) is 4.95. The highest BCUT2D eigenvalue weighted by Gasteiger charge is 2.10. The van der Waals surface area contributed by atoms with Gasteiger partial charge in [-0.25, -0.2) is 4.79 Å². The van der Waals surface area contributed by atoms with Crippen molar-refractivity contribution in [3.05, 3.63) is 32.4 Å². The minimum absolute atomic E-state index is 0.235. The molecule has 2 rings (SSSR count). The summed E-state index contributed by atoms with van der Waals surface area (Å²) < 4.78 is 4.86. The maximum absolute atomic E-state index is 11.4.